The maximum atomic E-state index is 14.0. The lowest BCUT2D eigenvalue weighted by molar-refractivity contribution is 0.510. The second kappa shape index (κ2) is 5.53. The minimum atomic E-state index is -1.02. The molecule has 3 aromatic rings. The maximum absolute atomic E-state index is 14.0. The van der Waals surface area contributed by atoms with Crippen molar-refractivity contribution >= 4 is 11.0 Å². The van der Waals surface area contributed by atoms with Gasteiger partial charge in [0.05, 0.1) is 29.1 Å². The quantitative estimate of drug-likeness (QED) is 0.732. The number of hydrogen-bond acceptors (Lipinski definition) is 2. The van der Waals surface area contributed by atoms with Crippen LogP contribution in [-0.4, -0.2) is 9.55 Å². The monoisotopic (exact) mass is 301 g/mol. The van der Waals surface area contributed by atoms with Gasteiger partial charge in [-0.3, -0.25) is 0 Å². The van der Waals surface area contributed by atoms with Gasteiger partial charge in [0, 0.05) is 18.7 Å². The first-order chi connectivity index (χ1) is 10.6. The Morgan fingerprint density at radius 3 is 2.50 bits per heavy atom. The van der Waals surface area contributed by atoms with E-state index in [2.05, 4.69) is 4.98 Å². The number of rotatable bonds is 3. The molecular weight excluding hydrogens is 291 g/mol. The summed E-state index contributed by atoms with van der Waals surface area (Å²) in [6, 6.07) is 9.97. The standard InChI is InChI=1S/C16H10F3N3/c17-11-5-2-1-4-10(11)16-21-14-8-12(18)13(19)9-15(14)22(16)7-3-6-20/h1-2,4-5,8-9H,3,7H2. The van der Waals surface area contributed by atoms with E-state index in [0.29, 0.717) is 5.52 Å². The molecular formula is C16H10F3N3. The second-order valence-electron chi connectivity index (χ2n) is 4.73. The molecule has 22 heavy (non-hydrogen) atoms. The van der Waals surface area contributed by atoms with Crippen LogP contribution in [0.3, 0.4) is 0 Å². The highest BCUT2D eigenvalue weighted by molar-refractivity contribution is 5.81. The number of imidazole rings is 1. The summed E-state index contributed by atoms with van der Waals surface area (Å²) in [7, 11) is 0. The Morgan fingerprint density at radius 2 is 1.77 bits per heavy atom. The molecule has 3 rings (SSSR count). The van der Waals surface area contributed by atoms with Crippen molar-refractivity contribution < 1.29 is 13.2 Å². The molecule has 0 unspecified atom stereocenters. The highest BCUT2D eigenvalue weighted by atomic mass is 19.2. The van der Waals surface area contributed by atoms with Gasteiger partial charge in [-0.15, -0.1) is 0 Å². The average molecular weight is 301 g/mol. The number of halogens is 3. The lowest BCUT2D eigenvalue weighted by atomic mass is 10.2. The van der Waals surface area contributed by atoms with E-state index in [-0.39, 0.29) is 29.9 Å². The Balaban J connectivity index is 2.29. The highest BCUT2D eigenvalue weighted by Gasteiger charge is 2.17. The Bertz CT molecular complexity index is 894. The molecule has 0 aliphatic carbocycles. The van der Waals surface area contributed by atoms with Crippen molar-refractivity contribution in [2.45, 2.75) is 13.0 Å². The molecule has 0 bridgehead atoms. The van der Waals surface area contributed by atoms with Crippen LogP contribution in [-0.2, 0) is 6.54 Å². The van der Waals surface area contributed by atoms with Crippen molar-refractivity contribution in [2.24, 2.45) is 0 Å². The minimum absolute atomic E-state index is 0.145. The zero-order chi connectivity index (χ0) is 15.7. The SMILES string of the molecule is N#CCCn1c(-c2ccccc2F)nc2cc(F)c(F)cc21. The van der Waals surface area contributed by atoms with E-state index in [1.807, 2.05) is 6.07 Å². The van der Waals surface area contributed by atoms with E-state index in [0.717, 1.165) is 12.1 Å². The van der Waals surface area contributed by atoms with Crippen LogP contribution in [0, 0.1) is 28.8 Å². The predicted octanol–water partition coefficient (Wildman–Crippen LogP) is 4.03. The van der Waals surface area contributed by atoms with Crippen LogP contribution in [0.25, 0.3) is 22.4 Å². The van der Waals surface area contributed by atoms with Gasteiger partial charge in [0.1, 0.15) is 11.6 Å². The van der Waals surface area contributed by atoms with E-state index < -0.39 is 17.5 Å². The van der Waals surface area contributed by atoms with Crippen LogP contribution >= 0.6 is 0 Å². The van der Waals surface area contributed by atoms with Gasteiger partial charge in [-0.1, -0.05) is 12.1 Å². The Morgan fingerprint density at radius 1 is 1.05 bits per heavy atom. The van der Waals surface area contributed by atoms with Gasteiger partial charge in [-0.2, -0.15) is 5.26 Å². The first-order valence-corrected chi connectivity index (χ1v) is 6.59. The minimum Gasteiger partial charge on any atom is -0.323 e. The molecule has 110 valence electrons. The van der Waals surface area contributed by atoms with Crippen LogP contribution in [0.1, 0.15) is 6.42 Å². The third kappa shape index (κ3) is 2.31. The summed E-state index contributed by atoms with van der Waals surface area (Å²) in [5.74, 6) is -2.27. The van der Waals surface area contributed by atoms with Crippen LogP contribution in [0.4, 0.5) is 13.2 Å². The molecule has 6 heteroatoms. The van der Waals surface area contributed by atoms with E-state index in [1.54, 1.807) is 12.1 Å². The molecule has 0 saturated heterocycles. The number of aryl methyl sites for hydroxylation is 1. The lowest BCUT2D eigenvalue weighted by Gasteiger charge is -2.08. The molecule has 0 aliphatic heterocycles. The molecule has 2 aromatic carbocycles. The number of nitrogens with zero attached hydrogens (tertiary/aromatic N) is 3. The second-order valence-corrected chi connectivity index (χ2v) is 4.73. The maximum Gasteiger partial charge on any atom is 0.161 e. The van der Waals surface area contributed by atoms with Gasteiger partial charge in [0.15, 0.2) is 11.6 Å². The summed E-state index contributed by atoms with van der Waals surface area (Å²) < 4.78 is 42.4. The average Bonchev–Trinajstić information content (AvgIpc) is 2.83. The third-order valence-electron chi connectivity index (χ3n) is 3.35. The fourth-order valence-corrected chi connectivity index (χ4v) is 2.36. The molecule has 0 fully saturated rings. The number of hydrogen-bond donors (Lipinski definition) is 0. The van der Waals surface area contributed by atoms with Gasteiger partial charge >= 0.3 is 0 Å². The Hall–Kier alpha value is -2.81. The molecule has 0 saturated carbocycles. The fourth-order valence-electron chi connectivity index (χ4n) is 2.36. The molecule has 1 heterocycles. The third-order valence-corrected chi connectivity index (χ3v) is 3.35. The Labute approximate surface area is 124 Å². The number of aromatic nitrogens is 2. The van der Waals surface area contributed by atoms with E-state index in [4.69, 9.17) is 5.26 Å². The van der Waals surface area contributed by atoms with Gasteiger partial charge in [-0.05, 0) is 12.1 Å². The number of nitriles is 1. The van der Waals surface area contributed by atoms with E-state index in [1.165, 1.54) is 16.7 Å². The summed E-state index contributed by atoms with van der Waals surface area (Å²) in [5.41, 5.74) is 0.764. The first kappa shape index (κ1) is 14.1. The van der Waals surface area contributed by atoms with Crippen molar-refractivity contribution in [2.75, 3.05) is 0 Å². The normalized spacial score (nSPS) is 10.8. The smallest absolute Gasteiger partial charge is 0.161 e. The largest absolute Gasteiger partial charge is 0.323 e. The summed E-state index contributed by atoms with van der Waals surface area (Å²) >= 11 is 0. The first-order valence-electron chi connectivity index (χ1n) is 6.59. The van der Waals surface area contributed by atoms with Gasteiger partial charge < -0.3 is 4.57 Å². The van der Waals surface area contributed by atoms with Crippen molar-refractivity contribution in [3.05, 3.63) is 53.8 Å². The van der Waals surface area contributed by atoms with Crippen molar-refractivity contribution in [3.8, 4) is 17.5 Å². The number of fused-ring (bicyclic) bond motifs is 1. The molecule has 0 N–H and O–H groups in total. The van der Waals surface area contributed by atoms with E-state index in [9.17, 15) is 13.2 Å². The molecule has 0 aliphatic rings. The van der Waals surface area contributed by atoms with Crippen molar-refractivity contribution in [1.82, 2.24) is 9.55 Å². The van der Waals surface area contributed by atoms with Crippen molar-refractivity contribution in [1.29, 1.82) is 5.26 Å². The molecule has 0 amide bonds. The molecule has 1 aromatic heterocycles. The predicted molar refractivity (Wildman–Crippen MR) is 75.3 cm³/mol. The van der Waals surface area contributed by atoms with E-state index >= 15 is 0 Å². The lowest BCUT2D eigenvalue weighted by Crippen LogP contribution is -2.01. The zero-order valence-corrected chi connectivity index (χ0v) is 11.4. The van der Waals surface area contributed by atoms with Crippen molar-refractivity contribution in [3.63, 3.8) is 0 Å². The fraction of sp³-hybridized carbons (Fsp3) is 0.125. The molecule has 0 atom stereocenters. The Kier molecular flexibility index (Phi) is 3.55. The summed E-state index contributed by atoms with van der Waals surface area (Å²) in [6.07, 6.45) is 0.145. The molecule has 0 radical (unpaired) electrons. The van der Waals surface area contributed by atoms with Gasteiger partial charge in [0.2, 0.25) is 0 Å². The van der Waals surface area contributed by atoms with Crippen LogP contribution in [0.15, 0.2) is 36.4 Å². The summed E-state index contributed by atoms with van der Waals surface area (Å²) in [5, 5.41) is 8.76. The molecule has 3 nitrogen and oxygen atoms in total. The van der Waals surface area contributed by atoms with Crippen LogP contribution in [0.2, 0.25) is 0 Å². The topological polar surface area (TPSA) is 41.6 Å². The zero-order valence-electron chi connectivity index (χ0n) is 11.4. The molecule has 0 spiro atoms. The van der Waals surface area contributed by atoms with Crippen LogP contribution < -0.4 is 0 Å². The summed E-state index contributed by atoms with van der Waals surface area (Å²) in [6.45, 7) is 0.210. The number of benzene rings is 2. The van der Waals surface area contributed by atoms with Gasteiger partial charge in [-0.25, -0.2) is 18.2 Å². The summed E-state index contributed by atoms with van der Waals surface area (Å²) in [4.78, 5) is 4.21. The highest BCUT2D eigenvalue weighted by Crippen LogP contribution is 2.28. The van der Waals surface area contributed by atoms with Crippen LogP contribution in [0.5, 0.6) is 0 Å². The van der Waals surface area contributed by atoms with Gasteiger partial charge in [0.25, 0.3) is 0 Å².